The number of hydrogen-bond donors (Lipinski definition) is 2. The number of ether oxygens (including phenoxy) is 1. The van der Waals surface area contributed by atoms with Crippen molar-refractivity contribution in [3.8, 4) is 11.5 Å². The number of likely N-dealkylation sites (tertiary alicyclic amines) is 1. The average molecular weight is 313 g/mol. The number of nitrogens with zero attached hydrogens (tertiary/aromatic N) is 1. The van der Waals surface area contributed by atoms with Crippen LogP contribution >= 0.6 is 11.6 Å². The fourth-order valence-corrected chi connectivity index (χ4v) is 3.07. The monoisotopic (exact) mass is 312 g/mol. The summed E-state index contributed by atoms with van der Waals surface area (Å²) in [5.41, 5.74) is 0.783. The summed E-state index contributed by atoms with van der Waals surface area (Å²) in [5.74, 6) is 1.32. The lowest BCUT2D eigenvalue weighted by molar-refractivity contribution is 0.190. The summed E-state index contributed by atoms with van der Waals surface area (Å²) in [4.78, 5) is 2.49. The van der Waals surface area contributed by atoms with Crippen molar-refractivity contribution < 1.29 is 9.84 Å². The van der Waals surface area contributed by atoms with Gasteiger partial charge in [0.25, 0.3) is 0 Å². The molecular weight excluding hydrogens is 288 g/mol. The molecule has 1 aliphatic rings. The zero-order valence-electron chi connectivity index (χ0n) is 12.9. The first-order chi connectivity index (χ1) is 10.1. The highest BCUT2D eigenvalue weighted by Gasteiger charge is 2.18. The number of phenols is 1. The van der Waals surface area contributed by atoms with Crippen LogP contribution in [0.25, 0.3) is 0 Å². The molecule has 2 rings (SSSR count). The van der Waals surface area contributed by atoms with Gasteiger partial charge in [0.05, 0.1) is 7.11 Å². The molecule has 1 fully saturated rings. The highest BCUT2D eigenvalue weighted by atomic mass is 35.5. The largest absolute Gasteiger partial charge is 0.504 e. The molecule has 1 saturated heterocycles. The molecule has 0 saturated carbocycles. The van der Waals surface area contributed by atoms with Gasteiger partial charge in [0.15, 0.2) is 11.5 Å². The predicted molar refractivity (Wildman–Crippen MR) is 86.2 cm³/mol. The van der Waals surface area contributed by atoms with Crippen molar-refractivity contribution in [2.24, 2.45) is 5.92 Å². The molecule has 0 bridgehead atoms. The lowest BCUT2D eigenvalue weighted by atomic mass is 9.97. The average Bonchev–Trinajstić information content (AvgIpc) is 2.51. The first-order valence-electron chi connectivity index (χ1n) is 7.62. The number of benzene rings is 1. The number of methoxy groups -OCH3 is 1. The summed E-state index contributed by atoms with van der Waals surface area (Å²) in [6, 6.07) is 3.41. The predicted octanol–water partition coefficient (Wildman–Crippen LogP) is 2.88. The Bertz CT molecular complexity index is 460. The zero-order chi connectivity index (χ0) is 15.2. The van der Waals surface area contributed by atoms with Gasteiger partial charge in [0.1, 0.15) is 0 Å². The maximum absolute atomic E-state index is 10.1. The molecule has 1 heterocycles. The third kappa shape index (κ3) is 4.50. The van der Waals surface area contributed by atoms with Gasteiger partial charge in [-0.05, 0) is 51.0 Å². The minimum Gasteiger partial charge on any atom is -0.504 e. The molecule has 1 aromatic carbocycles. The summed E-state index contributed by atoms with van der Waals surface area (Å²) in [6.07, 6.45) is 2.48. The fourth-order valence-electron chi connectivity index (χ4n) is 2.84. The molecular formula is C16H25ClN2O2. The van der Waals surface area contributed by atoms with E-state index in [9.17, 15) is 5.11 Å². The molecule has 2 N–H and O–H groups in total. The van der Waals surface area contributed by atoms with E-state index in [0.29, 0.717) is 17.3 Å². The molecule has 118 valence electrons. The van der Waals surface area contributed by atoms with Gasteiger partial charge >= 0.3 is 0 Å². The van der Waals surface area contributed by atoms with Crippen LogP contribution in [-0.4, -0.2) is 43.3 Å². The minimum atomic E-state index is 0.176. The Hall–Kier alpha value is -0.970. The normalized spacial score (nSPS) is 17.1. The van der Waals surface area contributed by atoms with Crippen LogP contribution in [0.3, 0.4) is 0 Å². The Morgan fingerprint density at radius 2 is 2.10 bits per heavy atom. The van der Waals surface area contributed by atoms with Gasteiger partial charge in [-0.1, -0.05) is 18.5 Å². The van der Waals surface area contributed by atoms with E-state index in [1.165, 1.54) is 33.0 Å². The summed E-state index contributed by atoms with van der Waals surface area (Å²) >= 11 is 6.04. The summed E-state index contributed by atoms with van der Waals surface area (Å²) < 4.78 is 5.12. The highest BCUT2D eigenvalue weighted by Crippen LogP contribution is 2.33. The quantitative estimate of drug-likeness (QED) is 0.848. The third-order valence-electron chi connectivity index (χ3n) is 4.24. The Morgan fingerprint density at radius 1 is 1.38 bits per heavy atom. The van der Waals surface area contributed by atoms with Crippen LogP contribution in [0.4, 0.5) is 0 Å². The van der Waals surface area contributed by atoms with Gasteiger partial charge in [-0.2, -0.15) is 0 Å². The molecule has 0 atom stereocenters. The zero-order valence-corrected chi connectivity index (χ0v) is 13.6. The van der Waals surface area contributed by atoms with Crippen molar-refractivity contribution in [2.45, 2.75) is 26.3 Å². The van der Waals surface area contributed by atoms with Gasteiger partial charge in [0.2, 0.25) is 0 Å². The summed E-state index contributed by atoms with van der Waals surface area (Å²) in [6.45, 7) is 7.34. The number of hydrogen-bond acceptors (Lipinski definition) is 4. The first kappa shape index (κ1) is 16.4. The van der Waals surface area contributed by atoms with E-state index in [-0.39, 0.29) is 5.75 Å². The number of piperidine rings is 1. The number of halogens is 1. The lowest BCUT2D eigenvalue weighted by Gasteiger charge is -2.31. The number of phenolic OH excluding ortho intramolecular Hbond substituents is 1. The SMILES string of the molecule is CCN1CCC(CNCc2cc(Cl)cc(OC)c2O)CC1. The Labute approximate surface area is 132 Å². The smallest absolute Gasteiger partial charge is 0.162 e. The van der Waals surface area contributed by atoms with Crippen molar-refractivity contribution in [1.82, 2.24) is 10.2 Å². The van der Waals surface area contributed by atoms with Crippen LogP contribution in [0.1, 0.15) is 25.3 Å². The Morgan fingerprint density at radius 3 is 2.71 bits per heavy atom. The molecule has 0 aliphatic carbocycles. The molecule has 1 aromatic rings. The van der Waals surface area contributed by atoms with Crippen LogP contribution in [0.5, 0.6) is 11.5 Å². The molecule has 5 heteroatoms. The second-order valence-corrected chi connectivity index (χ2v) is 6.06. The standard InChI is InChI=1S/C16H25ClN2O2/c1-3-19-6-4-12(5-7-19)10-18-11-13-8-14(17)9-15(21-2)16(13)20/h8-9,12,18,20H,3-7,10-11H2,1-2H3. The molecule has 0 radical (unpaired) electrons. The van der Waals surface area contributed by atoms with Crippen LogP contribution in [0.2, 0.25) is 5.02 Å². The van der Waals surface area contributed by atoms with Crippen molar-refractivity contribution in [3.05, 3.63) is 22.7 Å². The summed E-state index contributed by atoms with van der Waals surface area (Å²) in [7, 11) is 1.53. The number of aromatic hydroxyl groups is 1. The van der Waals surface area contributed by atoms with Gasteiger partial charge in [-0.25, -0.2) is 0 Å². The van der Waals surface area contributed by atoms with E-state index in [0.717, 1.165) is 24.6 Å². The van der Waals surface area contributed by atoms with Gasteiger partial charge in [-0.15, -0.1) is 0 Å². The van der Waals surface area contributed by atoms with Gasteiger partial charge in [0, 0.05) is 23.2 Å². The van der Waals surface area contributed by atoms with Crippen LogP contribution < -0.4 is 10.1 Å². The second kappa shape index (κ2) is 7.87. The van der Waals surface area contributed by atoms with E-state index in [1.54, 1.807) is 12.1 Å². The summed E-state index contributed by atoms with van der Waals surface area (Å²) in [5, 5.41) is 14.1. The fraction of sp³-hybridized carbons (Fsp3) is 0.625. The van der Waals surface area contributed by atoms with Crippen LogP contribution in [-0.2, 0) is 6.54 Å². The maximum atomic E-state index is 10.1. The minimum absolute atomic E-state index is 0.176. The van der Waals surface area contributed by atoms with Crippen molar-refractivity contribution >= 4 is 11.6 Å². The van der Waals surface area contributed by atoms with Crippen molar-refractivity contribution in [2.75, 3.05) is 33.3 Å². The van der Waals surface area contributed by atoms with Crippen LogP contribution in [0, 0.1) is 5.92 Å². The second-order valence-electron chi connectivity index (χ2n) is 5.62. The molecule has 0 amide bonds. The lowest BCUT2D eigenvalue weighted by Crippen LogP contribution is -2.36. The van der Waals surface area contributed by atoms with Crippen molar-refractivity contribution in [3.63, 3.8) is 0 Å². The number of rotatable bonds is 6. The van der Waals surface area contributed by atoms with Crippen molar-refractivity contribution in [1.29, 1.82) is 0 Å². The molecule has 0 aromatic heterocycles. The number of nitrogens with one attached hydrogen (secondary N) is 1. The Balaban J connectivity index is 1.83. The molecule has 4 nitrogen and oxygen atoms in total. The van der Waals surface area contributed by atoms with Gasteiger partial charge < -0.3 is 20.1 Å². The molecule has 0 unspecified atom stereocenters. The van der Waals surface area contributed by atoms with Gasteiger partial charge in [-0.3, -0.25) is 0 Å². The highest BCUT2D eigenvalue weighted by molar-refractivity contribution is 6.30. The first-order valence-corrected chi connectivity index (χ1v) is 8.00. The Kier molecular flexibility index (Phi) is 6.15. The van der Waals surface area contributed by atoms with Crippen LogP contribution in [0.15, 0.2) is 12.1 Å². The topological polar surface area (TPSA) is 44.7 Å². The van der Waals surface area contributed by atoms with E-state index in [2.05, 4.69) is 17.1 Å². The molecule has 0 spiro atoms. The molecule has 21 heavy (non-hydrogen) atoms. The van der Waals surface area contributed by atoms with E-state index in [1.807, 2.05) is 0 Å². The van der Waals surface area contributed by atoms with E-state index in [4.69, 9.17) is 16.3 Å². The molecule has 1 aliphatic heterocycles. The van der Waals surface area contributed by atoms with E-state index < -0.39 is 0 Å². The maximum Gasteiger partial charge on any atom is 0.162 e. The van der Waals surface area contributed by atoms with E-state index >= 15 is 0 Å². The third-order valence-corrected chi connectivity index (χ3v) is 4.46.